The van der Waals surface area contributed by atoms with Crippen LogP contribution in [0.1, 0.15) is 34.7 Å². The van der Waals surface area contributed by atoms with Crippen LogP contribution in [0, 0.1) is 5.82 Å². The number of H-pyrrole nitrogens is 1. The van der Waals surface area contributed by atoms with Gasteiger partial charge in [-0.15, -0.1) is 0 Å². The Morgan fingerprint density at radius 2 is 2.00 bits per heavy atom. The van der Waals surface area contributed by atoms with Crippen LogP contribution in [0.15, 0.2) is 17.1 Å². The number of aromatic carboxylic acids is 1. The maximum atomic E-state index is 14.9. The van der Waals surface area contributed by atoms with Gasteiger partial charge in [0.05, 0.1) is 11.2 Å². The number of halogens is 1. The fourth-order valence-corrected chi connectivity index (χ4v) is 3.91. The summed E-state index contributed by atoms with van der Waals surface area (Å²) in [6.07, 6.45) is 3.16. The monoisotopic (exact) mass is 329 g/mol. The number of aromatic nitrogens is 1. The van der Waals surface area contributed by atoms with Crippen molar-refractivity contribution in [2.24, 2.45) is 0 Å². The molecule has 3 fully saturated rings. The summed E-state index contributed by atoms with van der Waals surface area (Å²) in [5.41, 5.74) is 1.01. The molecule has 24 heavy (non-hydrogen) atoms. The van der Waals surface area contributed by atoms with Gasteiger partial charge in [-0.25, -0.2) is 9.18 Å². The van der Waals surface area contributed by atoms with E-state index >= 15 is 0 Å². The number of pyridine rings is 1. The van der Waals surface area contributed by atoms with Gasteiger partial charge in [-0.3, -0.25) is 4.79 Å². The first kappa shape index (κ1) is 14.0. The lowest BCUT2D eigenvalue weighted by molar-refractivity contribution is 0.0695. The molecule has 6 nitrogen and oxygen atoms in total. The third kappa shape index (κ3) is 1.91. The summed E-state index contributed by atoms with van der Waals surface area (Å²) in [6.45, 7) is 1.54. The number of aromatic amines is 1. The van der Waals surface area contributed by atoms with Crippen molar-refractivity contribution in [3.05, 3.63) is 39.4 Å². The standard InChI is InChI=1S/C17H16FN3O3/c18-10-3-8-14(19-4-9(16(8)22)17(23)24)13(7-1-2-7)15(10)21-5-11-12(6-21)20-11/h3-4,7,11-12,20H,1-2,5-6H2,(H,19,22)(H,23,24). The number of hydrogen-bond donors (Lipinski definition) is 3. The number of hydrogen-bond acceptors (Lipinski definition) is 4. The average Bonchev–Trinajstić information content (AvgIpc) is 3.46. The second-order valence-electron chi connectivity index (χ2n) is 6.94. The molecule has 7 heteroatoms. The molecule has 1 aliphatic carbocycles. The highest BCUT2D eigenvalue weighted by Gasteiger charge is 2.46. The molecule has 124 valence electrons. The van der Waals surface area contributed by atoms with E-state index in [4.69, 9.17) is 5.11 Å². The van der Waals surface area contributed by atoms with E-state index in [1.54, 1.807) is 0 Å². The van der Waals surface area contributed by atoms with Crippen LogP contribution in [-0.2, 0) is 0 Å². The summed E-state index contributed by atoms with van der Waals surface area (Å²) in [7, 11) is 0. The van der Waals surface area contributed by atoms with Gasteiger partial charge in [0.1, 0.15) is 11.4 Å². The van der Waals surface area contributed by atoms with Gasteiger partial charge in [0, 0.05) is 42.3 Å². The zero-order chi connectivity index (χ0) is 16.6. The van der Waals surface area contributed by atoms with Crippen LogP contribution in [0.3, 0.4) is 0 Å². The number of benzene rings is 1. The SMILES string of the molecule is O=C(O)c1c[nH]c2c(C3CC3)c(N3CC4NC4C3)c(F)cc2c1=O. The summed E-state index contributed by atoms with van der Waals surface area (Å²) in [6, 6.07) is 2.06. The molecule has 5 rings (SSSR count). The summed E-state index contributed by atoms with van der Waals surface area (Å²) >= 11 is 0. The first-order valence-corrected chi connectivity index (χ1v) is 8.16. The number of nitrogens with one attached hydrogen (secondary N) is 2. The van der Waals surface area contributed by atoms with Gasteiger partial charge in [-0.05, 0) is 24.8 Å². The molecule has 2 unspecified atom stereocenters. The number of carboxylic acid groups (broad SMARTS) is 1. The molecular weight excluding hydrogens is 313 g/mol. The van der Waals surface area contributed by atoms with Gasteiger partial charge in [-0.1, -0.05) is 0 Å². The molecule has 0 bridgehead atoms. The number of fused-ring (bicyclic) bond motifs is 2. The Morgan fingerprint density at radius 1 is 1.29 bits per heavy atom. The number of piperazine rings is 1. The summed E-state index contributed by atoms with van der Waals surface area (Å²) in [5.74, 6) is -1.51. The number of nitrogens with zero attached hydrogens (tertiary/aromatic N) is 1. The van der Waals surface area contributed by atoms with Crippen LogP contribution in [0.2, 0.25) is 0 Å². The number of carbonyl (C=O) groups is 1. The molecule has 0 radical (unpaired) electrons. The Bertz CT molecular complexity index is 940. The molecule has 3 aliphatic rings. The van der Waals surface area contributed by atoms with Gasteiger partial charge in [0.25, 0.3) is 0 Å². The van der Waals surface area contributed by atoms with E-state index in [1.807, 2.05) is 0 Å². The molecule has 2 aliphatic heterocycles. The van der Waals surface area contributed by atoms with Crippen LogP contribution in [0.25, 0.3) is 10.9 Å². The van der Waals surface area contributed by atoms with Crippen molar-refractivity contribution in [1.29, 1.82) is 0 Å². The van der Waals surface area contributed by atoms with Crippen LogP contribution in [0.4, 0.5) is 10.1 Å². The Hall–Kier alpha value is -2.41. The molecular formula is C17H16FN3O3. The molecule has 3 N–H and O–H groups in total. The number of anilines is 1. The lowest BCUT2D eigenvalue weighted by Crippen LogP contribution is -2.29. The van der Waals surface area contributed by atoms with Gasteiger partial charge in [-0.2, -0.15) is 0 Å². The van der Waals surface area contributed by atoms with Gasteiger partial charge < -0.3 is 20.3 Å². The van der Waals surface area contributed by atoms with E-state index in [0.717, 1.165) is 31.5 Å². The molecule has 1 saturated carbocycles. The molecule has 1 aromatic heterocycles. The summed E-state index contributed by atoms with van der Waals surface area (Å²) < 4.78 is 14.9. The smallest absolute Gasteiger partial charge is 0.341 e. The van der Waals surface area contributed by atoms with E-state index in [0.29, 0.717) is 23.3 Å². The highest BCUT2D eigenvalue weighted by Crippen LogP contribution is 2.48. The quantitative estimate of drug-likeness (QED) is 0.740. The lowest BCUT2D eigenvalue weighted by atomic mass is 10.0. The normalized spacial score (nSPS) is 25.1. The van der Waals surface area contributed by atoms with Gasteiger partial charge >= 0.3 is 5.97 Å². The minimum Gasteiger partial charge on any atom is -0.477 e. The second kappa shape index (κ2) is 4.57. The van der Waals surface area contributed by atoms with E-state index in [-0.39, 0.29) is 16.9 Å². The predicted octanol–water partition coefficient (Wildman–Crippen LogP) is 1.40. The summed E-state index contributed by atoms with van der Waals surface area (Å²) in [5, 5.41) is 12.6. The molecule has 2 atom stereocenters. The van der Waals surface area contributed by atoms with Gasteiger partial charge in [0.15, 0.2) is 0 Å². The summed E-state index contributed by atoms with van der Waals surface area (Å²) in [4.78, 5) is 28.6. The third-order valence-electron chi connectivity index (χ3n) is 5.31. The van der Waals surface area contributed by atoms with E-state index in [1.165, 1.54) is 12.3 Å². The van der Waals surface area contributed by atoms with E-state index in [2.05, 4.69) is 15.2 Å². The Balaban J connectivity index is 1.76. The van der Waals surface area contributed by atoms with Gasteiger partial charge in [0.2, 0.25) is 5.43 Å². The fourth-order valence-electron chi connectivity index (χ4n) is 3.91. The van der Waals surface area contributed by atoms with E-state index < -0.39 is 17.2 Å². The molecule has 0 spiro atoms. The zero-order valence-electron chi connectivity index (χ0n) is 12.8. The average molecular weight is 329 g/mol. The molecule has 2 saturated heterocycles. The minimum absolute atomic E-state index is 0.125. The van der Waals surface area contributed by atoms with E-state index in [9.17, 15) is 14.0 Å². The maximum absolute atomic E-state index is 14.9. The van der Waals surface area contributed by atoms with Crippen LogP contribution < -0.4 is 15.6 Å². The fraction of sp³-hybridized carbons (Fsp3) is 0.412. The topological polar surface area (TPSA) is 95.3 Å². The zero-order valence-corrected chi connectivity index (χ0v) is 12.8. The van der Waals surface area contributed by atoms with Crippen LogP contribution in [0.5, 0.6) is 0 Å². The first-order chi connectivity index (χ1) is 11.5. The Morgan fingerprint density at radius 3 is 2.62 bits per heavy atom. The van der Waals surface area contributed by atoms with Crippen molar-refractivity contribution < 1.29 is 14.3 Å². The lowest BCUT2D eigenvalue weighted by Gasteiger charge is -2.25. The van der Waals surface area contributed by atoms with Crippen molar-refractivity contribution in [1.82, 2.24) is 10.3 Å². The largest absolute Gasteiger partial charge is 0.477 e. The Kier molecular flexibility index (Phi) is 2.66. The predicted molar refractivity (Wildman–Crippen MR) is 86.4 cm³/mol. The van der Waals surface area contributed by atoms with Crippen molar-refractivity contribution in [2.45, 2.75) is 30.8 Å². The van der Waals surface area contributed by atoms with Crippen molar-refractivity contribution >= 4 is 22.6 Å². The molecule has 3 heterocycles. The highest BCUT2D eigenvalue weighted by atomic mass is 19.1. The van der Waals surface area contributed by atoms with Crippen LogP contribution in [-0.4, -0.2) is 41.2 Å². The molecule has 0 amide bonds. The highest BCUT2D eigenvalue weighted by molar-refractivity contribution is 5.95. The maximum Gasteiger partial charge on any atom is 0.341 e. The third-order valence-corrected chi connectivity index (χ3v) is 5.31. The van der Waals surface area contributed by atoms with Crippen LogP contribution >= 0.6 is 0 Å². The van der Waals surface area contributed by atoms with Crippen molar-refractivity contribution in [3.63, 3.8) is 0 Å². The Labute approximate surface area is 136 Å². The van der Waals surface area contributed by atoms with Crippen molar-refractivity contribution in [3.8, 4) is 0 Å². The van der Waals surface area contributed by atoms with Crippen molar-refractivity contribution in [2.75, 3.05) is 18.0 Å². The first-order valence-electron chi connectivity index (χ1n) is 8.16. The minimum atomic E-state index is -1.30. The number of carboxylic acids is 1. The molecule has 1 aromatic carbocycles. The second-order valence-corrected chi connectivity index (χ2v) is 6.94. The number of rotatable bonds is 3. The molecule has 2 aromatic rings.